The maximum absolute atomic E-state index is 11.7. The van der Waals surface area contributed by atoms with Gasteiger partial charge in [0.1, 0.15) is 6.61 Å². The van der Waals surface area contributed by atoms with Gasteiger partial charge in [-0.2, -0.15) is 0 Å². The minimum absolute atomic E-state index is 0.0344. The van der Waals surface area contributed by atoms with Crippen LogP contribution in [0, 0.1) is 0 Å². The summed E-state index contributed by atoms with van der Waals surface area (Å²) in [7, 11) is 0. The molecule has 3 nitrogen and oxygen atoms in total. The lowest BCUT2D eigenvalue weighted by molar-refractivity contribution is -0.137. The van der Waals surface area contributed by atoms with Gasteiger partial charge in [0.15, 0.2) is 0 Å². The first-order valence-electron chi connectivity index (χ1n) is 5.33. The van der Waals surface area contributed by atoms with Gasteiger partial charge in [0.25, 0.3) is 0 Å². The molecule has 1 aromatic carbocycles. The number of aliphatic hydroxyl groups is 1. The molecule has 0 bridgehead atoms. The number of aliphatic hydroxyl groups excluding tert-OH is 1. The fourth-order valence-electron chi connectivity index (χ4n) is 1.36. The Morgan fingerprint density at radius 2 is 2.06 bits per heavy atom. The van der Waals surface area contributed by atoms with Crippen molar-refractivity contribution in [1.29, 1.82) is 0 Å². The van der Waals surface area contributed by atoms with Crippen LogP contribution in [0.15, 0.2) is 36.4 Å². The highest BCUT2D eigenvalue weighted by atomic mass is 16.5. The fraction of sp³-hybridized carbons (Fsp3) is 0.308. The van der Waals surface area contributed by atoms with E-state index in [1.807, 2.05) is 43.3 Å². The molecule has 0 aliphatic carbocycles. The number of allylic oxidation sites excluding steroid dienone is 1. The number of ether oxygens (including phenoxy) is 1. The van der Waals surface area contributed by atoms with Gasteiger partial charge in [0, 0.05) is 0 Å². The average Bonchev–Trinajstić information content (AvgIpc) is 2.34. The largest absolute Gasteiger partial charge is 0.460 e. The van der Waals surface area contributed by atoms with Crippen molar-refractivity contribution >= 4 is 11.5 Å². The summed E-state index contributed by atoms with van der Waals surface area (Å²) in [5, 5.41) is 8.60. The standard InChI is InChI=1S/C13H16O3/c1-2-6-12(13(15)16-10-9-14)11-7-4-3-5-8-11/h3-8,14H,2,9-10H2,1H3. The van der Waals surface area contributed by atoms with Crippen LogP contribution in [0.4, 0.5) is 0 Å². The third kappa shape index (κ3) is 3.51. The first kappa shape index (κ1) is 12.5. The Labute approximate surface area is 95.4 Å². The molecule has 0 spiro atoms. The molecule has 0 amide bonds. The van der Waals surface area contributed by atoms with Gasteiger partial charge < -0.3 is 9.84 Å². The van der Waals surface area contributed by atoms with Gasteiger partial charge >= 0.3 is 5.97 Å². The lowest BCUT2D eigenvalue weighted by atomic mass is 10.1. The number of benzene rings is 1. The summed E-state index contributed by atoms with van der Waals surface area (Å²) in [6.45, 7) is 1.84. The predicted molar refractivity (Wildman–Crippen MR) is 62.8 cm³/mol. The highest BCUT2D eigenvalue weighted by Crippen LogP contribution is 2.16. The summed E-state index contributed by atoms with van der Waals surface area (Å²) in [5.41, 5.74) is 1.39. The van der Waals surface area contributed by atoms with Crippen molar-refractivity contribution in [3.63, 3.8) is 0 Å². The van der Waals surface area contributed by atoms with Crippen molar-refractivity contribution in [2.24, 2.45) is 0 Å². The third-order valence-corrected chi connectivity index (χ3v) is 2.04. The van der Waals surface area contributed by atoms with E-state index in [0.29, 0.717) is 5.57 Å². The summed E-state index contributed by atoms with van der Waals surface area (Å²) in [4.78, 5) is 11.7. The Bertz CT molecular complexity index is 355. The quantitative estimate of drug-likeness (QED) is 0.610. The lowest BCUT2D eigenvalue weighted by Crippen LogP contribution is -2.10. The van der Waals surface area contributed by atoms with E-state index in [4.69, 9.17) is 9.84 Å². The van der Waals surface area contributed by atoms with Gasteiger partial charge in [-0.25, -0.2) is 4.79 Å². The fourth-order valence-corrected chi connectivity index (χ4v) is 1.36. The normalized spacial score (nSPS) is 11.2. The summed E-state index contributed by atoms with van der Waals surface area (Å²) in [5.74, 6) is -0.387. The topological polar surface area (TPSA) is 46.5 Å². The van der Waals surface area contributed by atoms with E-state index >= 15 is 0 Å². The van der Waals surface area contributed by atoms with E-state index in [1.54, 1.807) is 0 Å². The smallest absolute Gasteiger partial charge is 0.338 e. The van der Waals surface area contributed by atoms with E-state index in [9.17, 15) is 4.79 Å². The number of carbonyl (C=O) groups excluding carboxylic acids is 1. The molecule has 0 atom stereocenters. The van der Waals surface area contributed by atoms with E-state index < -0.39 is 0 Å². The van der Waals surface area contributed by atoms with Gasteiger partial charge in [0.2, 0.25) is 0 Å². The van der Waals surface area contributed by atoms with Crippen molar-refractivity contribution in [3.05, 3.63) is 42.0 Å². The van der Waals surface area contributed by atoms with E-state index in [1.165, 1.54) is 0 Å². The first-order chi connectivity index (χ1) is 7.79. The summed E-state index contributed by atoms with van der Waals surface area (Å²) < 4.78 is 4.90. The predicted octanol–water partition coefficient (Wildman–Crippen LogP) is 2.02. The molecule has 1 N–H and O–H groups in total. The Balaban J connectivity index is 2.84. The number of rotatable bonds is 5. The maximum atomic E-state index is 11.7. The molecule has 0 saturated carbocycles. The number of hydrogen-bond acceptors (Lipinski definition) is 3. The van der Waals surface area contributed by atoms with Gasteiger partial charge in [-0.1, -0.05) is 43.3 Å². The van der Waals surface area contributed by atoms with E-state index in [2.05, 4.69) is 0 Å². The minimum atomic E-state index is -0.387. The molecule has 0 radical (unpaired) electrons. The highest BCUT2D eigenvalue weighted by Gasteiger charge is 2.11. The van der Waals surface area contributed by atoms with Crippen molar-refractivity contribution in [1.82, 2.24) is 0 Å². The van der Waals surface area contributed by atoms with Crippen LogP contribution in [0.25, 0.3) is 5.57 Å². The molecule has 0 aliphatic heterocycles. The summed E-state index contributed by atoms with van der Waals surface area (Å²) in [6, 6.07) is 9.37. The zero-order valence-corrected chi connectivity index (χ0v) is 9.35. The molecule has 0 heterocycles. The van der Waals surface area contributed by atoms with E-state index in [0.717, 1.165) is 12.0 Å². The summed E-state index contributed by atoms with van der Waals surface area (Å²) >= 11 is 0. The monoisotopic (exact) mass is 220 g/mol. The van der Waals surface area contributed by atoms with Crippen LogP contribution in [0.5, 0.6) is 0 Å². The molecule has 0 saturated heterocycles. The molecular weight excluding hydrogens is 204 g/mol. The lowest BCUT2D eigenvalue weighted by Gasteiger charge is -2.07. The van der Waals surface area contributed by atoms with Crippen molar-refractivity contribution in [2.45, 2.75) is 13.3 Å². The minimum Gasteiger partial charge on any atom is -0.460 e. The van der Waals surface area contributed by atoms with Gasteiger partial charge in [-0.05, 0) is 12.0 Å². The second-order valence-electron chi connectivity index (χ2n) is 3.25. The molecule has 1 aromatic rings. The van der Waals surface area contributed by atoms with Crippen molar-refractivity contribution in [3.8, 4) is 0 Å². The van der Waals surface area contributed by atoms with Gasteiger partial charge in [0.05, 0.1) is 12.2 Å². The van der Waals surface area contributed by atoms with Crippen LogP contribution in [0.2, 0.25) is 0 Å². The van der Waals surface area contributed by atoms with Crippen LogP contribution in [0.3, 0.4) is 0 Å². The van der Waals surface area contributed by atoms with Gasteiger partial charge in [-0.3, -0.25) is 0 Å². The first-order valence-corrected chi connectivity index (χ1v) is 5.33. The Hall–Kier alpha value is -1.61. The average molecular weight is 220 g/mol. The Morgan fingerprint density at radius 3 is 2.62 bits per heavy atom. The zero-order chi connectivity index (χ0) is 11.8. The number of esters is 1. The van der Waals surface area contributed by atoms with Gasteiger partial charge in [-0.15, -0.1) is 0 Å². The molecule has 16 heavy (non-hydrogen) atoms. The van der Waals surface area contributed by atoms with Crippen LogP contribution < -0.4 is 0 Å². The number of hydrogen-bond donors (Lipinski definition) is 1. The second-order valence-corrected chi connectivity index (χ2v) is 3.25. The molecular formula is C13H16O3. The zero-order valence-electron chi connectivity index (χ0n) is 9.35. The summed E-state index contributed by atoms with van der Waals surface area (Å²) in [6.07, 6.45) is 2.59. The Morgan fingerprint density at radius 1 is 1.38 bits per heavy atom. The van der Waals surface area contributed by atoms with Crippen LogP contribution >= 0.6 is 0 Å². The highest BCUT2D eigenvalue weighted by molar-refractivity contribution is 6.16. The Kier molecular flexibility index (Phi) is 5.29. The molecule has 3 heteroatoms. The number of carbonyl (C=O) groups is 1. The molecule has 0 aromatic heterocycles. The van der Waals surface area contributed by atoms with Crippen LogP contribution in [-0.2, 0) is 9.53 Å². The maximum Gasteiger partial charge on any atom is 0.338 e. The van der Waals surface area contributed by atoms with Crippen molar-refractivity contribution in [2.75, 3.05) is 13.2 Å². The SMILES string of the molecule is CCC=C(C(=O)OCCO)c1ccccc1. The van der Waals surface area contributed by atoms with Crippen LogP contribution in [-0.4, -0.2) is 24.3 Å². The second kappa shape index (κ2) is 6.80. The molecule has 0 aliphatic rings. The van der Waals surface area contributed by atoms with Crippen LogP contribution in [0.1, 0.15) is 18.9 Å². The molecule has 0 unspecified atom stereocenters. The molecule has 1 rings (SSSR count). The molecule has 86 valence electrons. The van der Waals surface area contributed by atoms with Crippen molar-refractivity contribution < 1.29 is 14.6 Å². The third-order valence-electron chi connectivity index (χ3n) is 2.04. The molecule has 0 fully saturated rings. The van der Waals surface area contributed by atoms with E-state index in [-0.39, 0.29) is 19.2 Å².